The number of anilines is 1. The maximum Gasteiger partial charge on any atom is 0.246 e. The van der Waals surface area contributed by atoms with Gasteiger partial charge in [0.15, 0.2) is 0 Å². The van der Waals surface area contributed by atoms with Crippen LogP contribution in [0.4, 0.5) is 5.69 Å². The lowest BCUT2D eigenvalue weighted by Crippen LogP contribution is -2.28. The molecule has 7 heteroatoms. The minimum atomic E-state index is -3.50. The van der Waals surface area contributed by atoms with E-state index in [2.05, 4.69) is 10.4 Å². The third kappa shape index (κ3) is 2.25. The second kappa shape index (κ2) is 4.56. The van der Waals surface area contributed by atoms with Gasteiger partial charge in [0.1, 0.15) is 4.90 Å². The number of nitrogens with zero attached hydrogens (tertiary/aromatic N) is 2. The van der Waals surface area contributed by atoms with Crippen LogP contribution in [0.3, 0.4) is 0 Å². The van der Waals surface area contributed by atoms with Gasteiger partial charge in [-0.25, -0.2) is 12.7 Å². The maximum absolute atomic E-state index is 11.9. The molecular weight excluding hydrogens is 216 g/mol. The molecule has 0 aliphatic carbocycles. The summed E-state index contributed by atoms with van der Waals surface area (Å²) < 4.78 is 25.1. The van der Waals surface area contributed by atoms with E-state index in [9.17, 15) is 8.42 Å². The van der Waals surface area contributed by atoms with Crippen molar-refractivity contribution < 1.29 is 8.42 Å². The molecule has 1 aromatic heterocycles. The van der Waals surface area contributed by atoms with Crippen molar-refractivity contribution in [3.05, 3.63) is 18.5 Å². The van der Waals surface area contributed by atoms with Crippen molar-refractivity contribution in [2.45, 2.75) is 11.8 Å². The molecule has 3 N–H and O–H groups in total. The lowest BCUT2D eigenvalue weighted by molar-refractivity contribution is 0.486. The molecule has 1 heterocycles. The van der Waals surface area contributed by atoms with Gasteiger partial charge in [0.2, 0.25) is 10.0 Å². The van der Waals surface area contributed by atoms with Crippen molar-refractivity contribution in [3.8, 4) is 0 Å². The zero-order chi connectivity index (χ0) is 11.5. The van der Waals surface area contributed by atoms with Crippen LogP contribution in [0.15, 0.2) is 23.4 Å². The largest absolute Gasteiger partial charge is 0.323 e. The van der Waals surface area contributed by atoms with Crippen molar-refractivity contribution in [2.24, 2.45) is 5.84 Å². The third-order valence-electron chi connectivity index (χ3n) is 2.07. The fourth-order valence-electron chi connectivity index (χ4n) is 1.04. The van der Waals surface area contributed by atoms with Gasteiger partial charge in [0, 0.05) is 26.0 Å². The van der Waals surface area contributed by atoms with E-state index >= 15 is 0 Å². The molecule has 1 aromatic rings. The van der Waals surface area contributed by atoms with Crippen LogP contribution in [0.2, 0.25) is 0 Å². The van der Waals surface area contributed by atoms with Gasteiger partial charge in [0.05, 0.1) is 5.69 Å². The lowest BCUT2D eigenvalue weighted by atomic mass is 10.4. The first-order valence-corrected chi connectivity index (χ1v) is 5.85. The summed E-state index contributed by atoms with van der Waals surface area (Å²) >= 11 is 0. The van der Waals surface area contributed by atoms with Crippen molar-refractivity contribution in [1.29, 1.82) is 0 Å². The van der Waals surface area contributed by atoms with E-state index < -0.39 is 10.0 Å². The van der Waals surface area contributed by atoms with E-state index in [-0.39, 0.29) is 4.90 Å². The summed E-state index contributed by atoms with van der Waals surface area (Å²) in [6.45, 7) is 2.14. The van der Waals surface area contributed by atoms with Crippen LogP contribution in [0, 0.1) is 0 Å². The zero-order valence-electron chi connectivity index (χ0n) is 8.64. The number of nitrogens with one attached hydrogen (secondary N) is 1. The van der Waals surface area contributed by atoms with Crippen LogP contribution in [-0.2, 0) is 10.0 Å². The van der Waals surface area contributed by atoms with Gasteiger partial charge in [-0.15, -0.1) is 0 Å². The summed E-state index contributed by atoms with van der Waals surface area (Å²) in [6.07, 6.45) is 2.75. The molecule has 6 nitrogen and oxygen atoms in total. The minimum absolute atomic E-state index is 0.0804. The number of sulfonamides is 1. The van der Waals surface area contributed by atoms with Crippen LogP contribution >= 0.6 is 0 Å². The van der Waals surface area contributed by atoms with Gasteiger partial charge in [0.25, 0.3) is 0 Å². The fraction of sp³-hybridized carbons (Fsp3) is 0.375. The highest BCUT2D eigenvalue weighted by Gasteiger charge is 2.22. The number of hydrazine groups is 1. The molecule has 0 aliphatic heterocycles. The molecule has 0 saturated heterocycles. The predicted octanol–water partition coefficient (Wildman–Crippen LogP) is 0.00760. The Morgan fingerprint density at radius 2 is 2.27 bits per heavy atom. The van der Waals surface area contributed by atoms with E-state index in [1.165, 1.54) is 29.8 Å². The number of hydrogen-bond donors (Lipinski definition) is 2. The Kier molecular flexibility index (Phi) is 3.61. The van der Waals surface area contributed by atoms with Gasteiger partial charge in [-0.3, -0.25) is 10.8 Å². The topological polar surface area (TPSA) is 88.3 Å². The molecule has 0 saturated carbocycles. The van der Waals surface area contributed by atoms with Gasteiger partial charge in [-0.1, -0.05) is 6.92 Å². The Labute approximate surface area is 89.1 Å². The molecule has 0 spiro atoms. The van der Waals surface area contributed by atoms with E-state index in [0.29, 0.717) is 12.2 Å². The Bertz CT molecular complexity index is 432. The zero-order valence-corrected chi connectivity index (χ0v) is 9.45. The molecule has 0 aliphatic rings. The maximum atomic E-state index is 11.9. The van der Waals surface area contributed by atoms with Crippen LogP contribution < -0.4 is 11.3 Å². The summed E-state index contributed by atoms with van der Waals surface area (Å²) in [7, 11) is -2.00. The number of rotatable bonds is 4. The summed E-state index contributed by atoms with van der Waals surface area (Å²) in [6, 6.07) is 1.51. The molecular formula is C8H14N4O2S. The number of nitrogens with two attached hydrogens (primary N) is 1. The first-order valence-electron chi connectivity index (χ1n) is 4.41. The van der Waals surface area contributed by atoms with E-state index in [1.807, 2.05) is 0 Å². The summed E-state index contributed by atoms with van der Waals surface area (Å²) in [5, 5.41) is 0. The number of nitrogen functional groups attached to an aromatic ring is 1. The first-order chi connectivity index (χ1) is 7.04. The van der Waals surface area contributed by atoms with Crippen molar-refractivity contribution in [3.63, 3.8) is 0 Å². The predicted molar refractivity (Wildman–Crippen MR) is 57.5 cm³/mol. The highest BCUT2D eigenvalue weighted by molar-refractivity contribution is 7.89. The van der Waals surface area contributed by atoms with Crippen molar-refractivity contribution in [2.75, 3.05) is 19.0 Å². The van der Waals surface area contributed by atoms with Crippen molar-refractivity contribution in [1.82, 2.24) is 9.29 Å². The second-order valence-corrected chi connectivity index (χ2v) is 4.95. The quantitative estimate of drug-likeness (QED) is 0.562. The number of hydrogen-bond acceptors (Lipinski definition) is 5. The Morgan fingerprint density at radius 3 is 2.80 bits per heavy atom. The molecule has 0 aromatic carbocycles. The van der Waals surface area contributed by atoms with Crippen LogP contribution in [0.25, 0.3) is 0 Å². The van der Waals surface area contributed by atoms with Gasteiger partial charge < -0.3 is 5.43 Å². The Hall–Kier alpha value is -1.18. The lowest BCUT2D eigenvalue weighted by Gasteiger charge is -2.16. The van der Waals surface area contributed by atoms with Crippen LogP contribution in [0.1, 0.15) is 6.92 Å². The molecule has 0 radical (unpaired) electrons. The minimum Gasteiger partial charge on any atom is -0.323 e. The number of aromatic nitrogens is 1. The highest BCUT2D eigenvalue weighted by atomic mass is 32.2. The fourth-order valence-corrected chi connectivity index (χ4v) is 2.32. The van der Waals surface area contributed by atoms with Gasteiger partial charge in [-0.2, -0.15) is 0 Å². The Morgan fingerprint density at radius 1 is 1.60 bits per heavy atom. The molecule has 0 unspecified atom stereocenters. The molecule has 1 rings (SSSR count). The average Bonchev–Trinajstić information content (AvgIpc) is 2.27. The van der Waals surface area contributed by atoms with E-state index in [4.69, 9.17) is 5.84 Å². The van der Waals surface area contributed by atoms with Crippen molar-refractivity contribution >= 4 is 15.7 Å². The van der Waals surface area contributed by atoms with E-state index in [0.717, 1.165) is 0 Å². The number of pyridine rings is 1. The molecule has 0 atom stereocenters. The average molecular weight is 230 g/mol. The second-order valence-electron chi connectivity index (χ2n) is 2.94. The molecule has 15 heavy (non-hydrogen) atoms. The highest BCUT2D eigenvalue weighted by Crippen LogP contribution is 2.21. The monoisotopic (exact) mass is 230 g/mol. The van der Waals surface area contributed by atoms with Crippen LogP contribution in [-0.4, -0.2) is 31.3 Å². The molecule has 84 valence electrons. The summed E-state index contributed by atoms with van der Waals surface area (Å²) in [5.41, 5.74) is 2.67. The van der Waals surface area contributed by atoms with Crippen LogP contribution in [0.5, 0.6) is 0 Å². The SMILES string of the molecule is CCN(C)S(=O)(=O)c1cnccc1NN. The smallest absolute Gasteiger partial charge is 0.246 e. The standard InChI is InChI=1S/C8H14N4O2S/c1-3-12(2)15(13,14)8-6-10-5-4-7(8)11-9/h4-6H,3,9H2,1-2H3,(H,10,11). The van der Waals surface area contributed by atoms with Gasteiger partial charge >= 0.3 is 0 Å². The van der Waals surface area contributed by atoms with E-state index in [1.54, 1.807) is 6.92 Å². The van der Waals surface area contributed by atoms with Gasteiger partial charge in [-0.05, 0) is 6.07 Å². The molecule has 0 fully saturated rings. The Balaban J connectivity index is 3.27. The first kappa shape index (κ1) is 11.9. The third-order valence-corrected chi connectivity index (χ3v) is 4.03. The summed E-state index contributed by atoms with van der Waals surface area (Å²) in [5.74, 6) is 5.23. The summed E-state index contributed by atoms with van der Waals surface area (Å²) in [4.78, 5) is 3.86. The molecule has 0 bridgehead atoms. The molecule has 0 amide bonds. The normalized spacial score (nSPS) is 11.7.